The zero-order valence-corrected chi connectivity index (χ0v) is 15.3. The molecule has 5 nitrogen and oxygen atoms in total. The minimum Gasteiger partial charge on any atom is -0.273 e. The van der Waals surface area contributed by atoms with Crippen molar-refractivity contribution in [1.82, 2.24) is 10.4 Å². The Bertz CT molecular complexity index is 1040. The van der Waals surface area contributed by atoms with E-state index in [-0.39, 0.29) is 53.2 Å². The van der Waals surface area contributed by atoms with Gasteiger partial charge in [0.05, 0.1) is 18.3 Å². The Hall–Kier alpha value is -2.95. The van der Waals surface area contributed by atoms with Crippen LogP contribution in [-0.2, 0) is 20.8 Å². The summed E-state index contributed by atoms with van der Waals surface area (Å²) in [6.07, 6.45) is 6.60. The summed E-state index contributed by atoms with van der Waals surface area (Å²) in [5.41, 5.74) is 3.65. The average Bonchev–Trinajstić information content (AvgIpc) is 3.31. The zero-order chi connectivity index (χ0) is 19.0. The summed E-state index contributed by atoms with van der Waals surface area (Å²) < 4.78 is 0. The number of fused-ring (bicyclic) bond motifs is 4. The van der Waals surface area contributed by atoms with Crippen molar-refractivity contribution in [3.8, 4) is 0 Å². The van der Waals surface area contributed by atoms with E-state index >= 15 is 0 Å². The second-order valence-electron chi connectivity index (χ2n) is 8.58. The number of amides is 3. The van der Waals surface area contributed by atoms with Gasteiger partial charge in [-0.05, 0) is 46.4 Å². The summed E-state index contributed by atoms with van der Waals surface area (Å²) in [5, 5.41) is 3.08. The average molecular weight is 372 g/mol. The number of benzene rings is 2. The van der Waals surface area contributed by atoms with Crippen molar-refractivity contribution < 1.29 is 14.4 Å². The molecule has 2 aromatic rings. The highest BCUT2D eigenvalue weighted by atomic mass is 16.2. The van der Waals surface area contributed by atoms with E-state index in [1.807, 2.05) is 42.5 Å². The lowest BCUT2D eigenvalue weighted by Crippen LogP contribution is -2.48. The number of carbonyl (C=O) groups is 3. The van der Waals surface area contributed by atoms with E-state index in [2.05, 4.69) is 17.6 Å². The Morgan fingerprint density at radius 2 is 1.61 bits per heavy atom. The second kappa shape index (κ2) is 5.31. The standard InChI is InChI=1S/C23H20N2O3/c26-18(12-14-6-3-5-13-4-1-2-7-15(13)14)24-25-21(27)19-16-8-9-17(20(19)22(25)28)23(16)10-11-23/h1-9,16-17,19-20H,10-12H2,(H,24,26)/t16-,17+,19-,20-/m0/s1. The molecule has 140 valence electrons. The molecule has 5 heteroatoms. The maximum Gasteiger partial charge on any atom is 0.252 e. The van der Waals surface area contributed by atoms with Crippen LogP contribution in [0.2, 0.25) is 0 Å². The van der Waals surface area contributed by atoms with Gasteiger partial charge in [0.1, 0.15) is 0 Å². The van der Waals surface area contributed by atoms with E-state index in [1.54, 1.807) is 0 Å². The number of hydrogen-bond acceptors (Lipinski definition) is 3. The highest BCUT2D eigenvalue weighted by molar-refractivity contribution is 6.08. The SMILES string of the molecule is O=C(Cc1cccc2ccccc12)NN1C(=O)[C@@H]2[C@@H](C1=O)[C@@H]1C=C[C@H]2C12CC2. The Kier molecular flexibility index (Phi) is 3.04. The predicted octanol–water partition coefficient (Wildman–Crippen LogP) is 2.61. The number of nitrogens with zero attached hydrogens (tertiary/aromatic N) is 1. The van der Waals surface area contributed by atoms with Crippen LogP contribution >= 0.6 is 0 Å². The van der Waals surface area contributed by atoms with Crippen LogP contribution in [0.4, 0.5) is 0 Å². The molecule has 2 saturated carbocycles. The summed E-state index contributed by atoms with van der Waals surface area (Å²) in [5.74, 6) is -1.04. The van der Waals surface area contributed by atoms with Crippen LogP contribution in [0.1, 0.15) is 18.4 Å². The molecule has 3 fully saturated rings. The fraction of sp³-hybridized carbons (Fsp3) is 0.348. The molecule has 0 aromatic heterocycles. The highest BCUT2D eigenvalue weighted by Gasteiger charge is 2.73. The Labute approximate surface area is 162 Å². The van der Waals surface area contributed by atoms with Crippen LogP contribution in [0, 0.1) is 29.1 Å². The summed E-state index contributed by atoms with van der Waals surface area (Å²) >= 11 is 0. The Morgan fingerprint density at radius 3 is 2.29 bits per heavy atom. The predicted molar refractivity (Wildman–Crippen MR) is 102 cm³/mol. The zero-order valence-electron chi connectivity index (χ0n) is 15.3. The molecule has 3 aliphatic carbocycles. The number of nitrogens with one attached hydrogen (secondary N) is 1. The molecule has 1 heterocycles. The van der Waals surface area contributed by atoms with Gasteiger partial charge in [-0.25, -0.2) is 0 Å². The molecule has 0 radical (unpaired) electrons. The van der Waals surface area contributed by atoms with Crippen LogP contribution in [-0.4, -0.2) is 22.7 Å². The molecule has 4 atom stereocenters. The molecule has 0 unspecified atom stereocenters. The van der Waals surface area contributed by atoms with Gasteiger partial charge in [0.15, 0.2) is 0 Å². The number of rotatable bonds is 3. The van der Waals surface area contributed by atoms with E-state index in [4.69, 9.17) is 0 Å². The maximum absolute atomic E-state index is 13.0. The lowest BCUT2D eigenvalue weighted by Gasteiger charge is -2.22. The van der Waals surface area contributed by atoms with Gasteiger partial charge in [-0.1, -0.05) is 54.6 Å². The summed E-state index contributed by atoms with van der Waals surface area (Å²) in [6, 6.07) is 13.7. The minimum absolute atomic E-state index is 0.128. The van der Waals surface area contributed by atoms with Crippen molar-refractivity contribution in [3.63, 3.8) is 0 Å². The largest absolute Gasteiger partial charge is 0.273 e. The highest BCUT2D eigenvalue weighted by Crippen LogP contribution is 2.73. The lowest BCUT2D eigenvalue weighted by atomic mass is 9.85. The number of allylic oxidation sites excluding steroid dienone is 2. The topological polar surface area (TPSA) is 66.5 Å². The molecule has 1 saturated heterocycles. The van der Waals surface area contributed by atoms with Crippen molar-refractivity contribution in [2.75, 3.05) is 0 Å². The summed E-state index contributed by atoms with van der Waals surface area (Å²) in [4.78, 5) is 38.6. The first-order chi connectivity index (χ1) is 13.6. The van der Waals surface area contributed by atoms with Crippen molar-refractivity contribution in [2.24, 2.45) is 29.1 Å². The van der Waals surface area contributed by atoms with Gasteiger partial charge in [0.25, 0.3) is 11.8 Å². The smallest absolute Gasteiger partial charge is 0.252 e. The Balaban J connectivity index is 1.23. The second-order valence-corrected chi connectivity index (χ2v) is 8.58. The van der Waals surface area contributed by atoms with Gasteiger partial charge >= 0.3 is 0 Å². The molecule has 1 N–H and O–H groups in total. The van der Waals surface area contributed by atoms with Crippen LogP contribution in [0.3, 0.4) is 0 Å². The third kappa shape index (κ3) is 1.94. The van der Waals surface area contributed by atoms with Gasteiger partial charge in [-0.2, -0.15) is 5.01 Å². The fourth-order valence-electron chi connectivity index (χ4n) is 5.97. The first-order valence-corrected chi connectivity index (χ1v) is 9.92. The molecular formula is C23H20N2O3. The summed E-state index contributed by atoms with van der Waals surface area (Å²) in [6.45, 7) is 0. The van der Waals surface area contributed by atoms with Crippen molar-refractivity contribution in [3.05, 3.63) is 60.2 Å². The molecular weight excluding hydrogens is 352 g/mol. The van der Waals surface area contributed by atoms with Crippen LogP contribution < -0.4 is 5.43 Å². The lowest BCUT2D eigenvalue weighted by molar-refractivity contribution is -0.150. The van der Waals surface area contributed by atoms with Crippen LogP contribution in [0.15, 0.2) is 54.6 Å². The van der Waals surface area contributed by atoms with Gasteiger partial charge in [0, 0.05) is 0 Å². The molecule has 2 aromatic carbocycles. The monoisotopic (exact) mass is 372 g/mol. The molecule has 1 spiro atoms. The van der Waals surface area contributed by atoms with E-state index in [1.165, 1.54) is 0 Å². The number of imide groups is 1. The quantitative estimate of drug-likeness (QED) is 0.665. The molecule has 6 rings (SSSR count). The van der Waals surface area contributed by atoms with E-state index in [0.29, 0.717) is 0 Å². The molecule has 1 aliphatic heterocycles. The third-order valence-corrected chi connectivity index (χ3v) is 7.32. The third-order valence-electron chi connectivity index (χ3n) is 7.32. The molecule has 3 amide bonds. The molecule has 28 heavy (non-hydrogen) atoms. The Morgan fingerprint density at radius 1 is 0.964 bits per heavy atom. The van der Waals surface area contributed by atoms with Gasteiger partial charge in [-0.15, -0.1) is 0 Å². The normalized spacial score (nSPS) is 31.1. The van der Waals surface area contributed by atoms with Crippen molar-refractivity contribution >= 4 is 28.5 Å². The first kappa shape index (κ1) is 16.0. The van der Waals surface area contributed by atoms with Crippen molar-refractivity contribution in [2.45, 2.75) is 19.3 Å². The molecule has 2 bridgehead atoms. The van der Waals surface area contributed by atoms with Gasteiger partial charge < -0.3 is 0 Å². The van der Waals surface area contributed by atoms with Crippen LogP contribution in [0.5, 0.6) is 0 Å². The van der Waals surface area contributed by atoms with Crippen molar-refractivity contribution in [1.29, 1.82) is 0 Å². The van der Waals surface area contributed by atoms with Gasteiger partial charge in [-0.3, -0.25) is 19.8 Å². The maximum atomic E-state index is 13.0. The number of carbonyl (C=O) groups excluding carboxylic acids is 3. The van der Waals surface area contributed by atoms with Crippen LogP contribution in [0.25, 0.3) is 10.8 Å². The van der Waals surface area contributed by atoms with E-state index < -0.39 is 0 Å². The minimum atomic E-state index is -0.334. The summed E-state index contributed by atoms with van der Waals surface area (Å²) in [7, 11) is 0. The molecule has 4 aliphatic rings. The van der Waals surface area contributed by atoms with Gasteiger partial charge in [0.2, 0.25) is 5.91 Å². The first-order valence-electron chi connectivity index (χ1n) is 9.92. The fourth-order valence-corrected chi connectivity index (χ4v) is 5.97. The number of hydrazine groups is 1. The van der Waals surface area contributed by atoms with E-state index in [9.17, 15) is 14.4 Å². The number of hydrogen-bond donors (Lipinski definition) is 1. The van der Waals surface area contributed by atoms with E-state index in [0.717, 1.165) is 34.2 Å².